The number of benzene rings is 2. The minimum atomic E-state index is -0.821. The first-order valence-corrected chi connectivity index (χ1v) is 10.6. The number of amides is 2. The van der Waals surface area contributed by atoms with E-state index < -0.39 is 17.4 Å². The standard InChI is InChI=1S/C23H23FN2O3S/c1-23(2,14-7-9-15(24)10-8-14)22(28)26-11-12-29-17(13-26)19-16-5-3-4-6-18(16)30-20(19)21(25)27/h3-10,17H,11-13H2,1-2H3,(H2,25,27). The van der Waals surface area contributed by atoms with E-state index in [0.717, 1.165) is 21.2 Å². The Labute approximate surface area is 178 Å². The molecule has 2 N–H and O–H groups in total. The lowest BCUT2D eigenvalue weighted by atomic mass is 9.83. The molecule has 1 aliphatic rings. The van der Waals surface area contributed by atoms with E-state index in [9.17, 15) is 14.0 Å². The zero-order chi connectivity index (χ0) is 21.5. The van der Waals surface area contributed by atoms with Crippen LogP contribution in [0.2, 0.25) is 0 Å². The van der Waals surface area contributed by atoms with E-state index in [1.165, 1.54) is 23.5 Å². The highest BCUT2D eigenvalue weighted by Crippen LogP contribution is 2.38. The number of hydrogen-bond acceptors (Lipinski definition) is 4. The van der Waals surface area contributed by atoms with Gasteiger partial charge in [0.15, 0.2) is 0 Å². The Morgan fingerprint density at radius 2 is 1.87 bits per heavy atom. The molecule has 2 heterocycles. The van der Waals surface area contributed by atoms with Gasteiger partial charge in [-0.05, 0) is 43.0 Å². The van der Waals surface area contributed by atoms with Gasteiger partial charge in [-0.25, -0.2) is 4.39 Å². The highest BCUT2D eigenvalue weighted by molar-refractivity contribution is 7.21. The van der Waals surface area contributed by atoms with E-state index in [1.54, 1.807) is 17.0 Å². The summed E-state index contributed by atoms with van der Waals surface area (Å²) in [6.45, 7) is 4.81. The molecule has 0 radical (unpaired) electrons. The Morgan fingerprint density at radius 1 is 1.17 bits per heavy atom. The van der Waals surface area contributed by atoms with E-state index in [-0.39, 0.29) is 11.7 Å². The summed E-state index contributed by atoms with van der Waals surface area (Å²) in [4.78, 5) is 27.7. The summed E-state index contributed by atoms with van der Waals surface area (Å²) >= 11 is 1.35. The van der Waals surface area contributed by atoms with Crippen molar-refractivity contribution in [2.75, 3.05) is 19.7 Å². The quantitative estimate of drug-likeness (QED) is 0.685. The highest BCUT2D eigenvalue weighted by Gasteiger charge is 2.38. The van der Waals surface area contributed by atoms with Gasteiger partial charge >= 0.3 is 0 Å². The molecular weight excluding hydrogens is 403 g/mol. The highest BCUT2D eigenvalue weighted by atomic mass is 32.1. The molecule has 7 heteroatoms. The molecule has 2 aromatic carbocycles. The molecule has 1 unspecified atom stereocenters. The molecule has 0 saturated carbocycles. The number of nitrogens with two attached hydrogens (primary N) is 1. The van der Waals surface area contributed by atoms with Gasteiger partial charge in [0, 0.05) is 16.8 Å². The first kappa shape index (κ1) is 20.5. The second kappa shape index (κ2) is 7.81. The third-order valence-corrected chi connectivity index (χ3v) is 6.84. The SMILES string of the molecule is CC(C)(C(=O)N1CCOC(c2c(C(N)=O)sc3ccccc23)C1)c1ccc(F)cc1. The first-order valence-electron chi connectivity index (χ1n) is 9.77. The van der Waals surface area contributed by atoms with E-state index in [4.69, 9.17) is 10.5 Å². The molecule has 5 nitrogen and oxygen atoms in total. The van der Waals surface area contributed by atoms with Crippen molar-refractivity contribution in [3.8, 4) is 0 Å². The van der Waals surface area contributed by atoms with Crippen molar-refractivity contribution in [3.63, 3.8) is 0 Å². The molecule has 156 valence electrons. The molecular formula is C23H23FN2O3S. The lowest BCUT2D eigenvalue weighted by molar-refractivity contribution is -0.144. The molecule has 2 amide bonds. The number of thiophene rings is 1. The number of nitrogens with zero attached hydrogens (tertiary/aromatic N) is 1. The van der Waals surface area contributed by atoms with Crippen molar-refractivity contribution >= 4 is 33.2 Å². The van der Waals surface area contributed by atoms with Crippen LogP contribution in [0.4, 0.5) is 4.39 Å². The van der Waals surface area contributed by atoms with E-state index >= 15 is 0 Å². The molecule has 4 rings (SSSR count). The van der Waals surface area contributed by atoms with E-state index in [1.807, 2.05) is 38.1 Å². The van der Waals surface area contributed by atoms with Gasteiger partial charge in [-0.1, -0.05) is 30.3 Å². The van der Waals surface area contributed by atoms with Gasteiger partial charge in [-0.15, -0.1) is 11.3 Å². The average Bonchev–Trinajstić information content (AvgIpc) is 3.13. The molecule has 1 aromatic heterocycles. The van der Waals surface area contributed by atoms with Gasteiger partial charge in [0.05, 0.1) is 23.4 Å². The van der Waals surface area contributed by atoms with Crippen LogP contribution in [0.25, 0.3) is 10.1 Å². The molecule has 1 atom stereocenters. The zero-order valence-corrected chi connectivity index (χ0v) is 17.7. The fourth-order valence-electron chi connectivity index (χ4n) is 3.96. The number of primary amides is 1. The summed E-state index contributed by atoms with van der Waals surface area (Å²) in [6, 6.07) is 13.7. The monoisotopic (exact) mass is 426 g/mol. The predicted octanol–water partition coefficient (Wildman–Crippen LogP) is 4.02. The molecule has 1 aliphatic heterocycles. The number of halogens is 1. The summed E-state index contributed by atoms with van der Waals surface area (Å²) in [7, 11) is 0. The third-order valence-electron chi connectivity index (χ3n) is 5.63. The van der Waals surface area contributed by atoms with Gasteiger partial charge < -0.3 is 15.4 Å². The molecule has 3 aromatic rings. The second-order valence-electron chi connectivity index (χ2n) is 7.95. The van der Waals surface area contributed by atoms with Crippen molar-refractivity contribution < 1.29 is 18.7 Å². The number of morpholine rings is 1. The van der Waals surface area contributed by atoms with Gasteiger partial charge in [-0.3, -0.25) is 9.59 Å². The van der Waals surface area contributed by atoms with Crippen molar-refractivity contribution in [2.24, 2.45) is 5.73 Å². The maximum absolute atomic E-state index is 13.4. The number of carbonyl (C=O) groups is 2. The number of ether oxygens (including phenoxy) is 1. The number of rotatable bonds is 4. The number of fused-ring (bicyclic) bond motifs is 1. The minimum Gasteiger partial charge on any atom is -0.370 e. The molecule has 0 aliphatic carbocycles. The smallest absolute Gasteiger partial charge is 0.259 e. The fraction of sp³-hybridized carbons (Fsp3) is 0.304. The first-order chi connectivity index (χ1) is 14.3. The van der Waals surface area contributed by atoms with Crippen LogP contribution in [0.5, 0.6) is 0 Å². The van der Waals surface area contributed by atoms with Crippen molar-refractivity contribution in [1.82, 2.24) is 4.90 Å². The van der Waals surface area contributed by atoms with E-state index in [2.05, 4.69) is 0 Å². The Balaban J connectivity index is 1.65. The van der Waals surface area contributed by atoms with Crippen LogP contribution < -0.4 is 5.73 Å². The maximum Gasteiger partial charge on any atom is 0.259 e. The number of hydrogen-bond donors (Lipinski definition) is 1. The summed E-state index contributed by atoms with van der Waals surface area (Å²) < 4.78 is 20.3. The summed E-state index contributed by atoms with van der Waals surface area (Å²) in [5.41, 5.74) is 6.32. The fourth-order valence-corrected chi connectivity index (χ4v) is 5.07. The summed E-state index contributed by atoms with van der Waals surface area (Å²) in [5.74, 6) is -0.899. The van der Waals surface area contributed by atoms with Crippen LogP contribution >= 0.6 is 11.3 Å². The van der Waals surface area contributed by atoms with Gasteiger partial charge in [-0.2, -0.15) is 0 Å². The summed E-state index contributed by atoms with van der Waals surface area (Å²) in [6.07, 6.45) is -0.439. The van der Waals surface area contributed by atoms with E-state index in [0.29, 0.717) is 24.6 Å². The summed E-state index contributed by atoms with van der Waals surface area (Å²) in [5, 5.41) is 0.924. The van der Waals surface area contributed by atoms with Crippen molar-refractivity contribution in [2.45, 2.75) is 25.4 Å². The average molecular weight is 427 g/mol. The van der Waals surface area contributed by atoms with Crippen molar-refractivity contribution in [3.05, 3.63) is 70.4 Å². The van der Waals surface area contributed by atoms with Gasteiger partial charge in [0.25, 0.3) is 5.91 Å². The lowest BCUT2D eigenvalue weighted by Gasteiger charge is -2.38. The maximum atomic E-state index is 13.4. The van der Waals surface area contributed by atoms with Crippen LogP contribution in [0.15, 0.2) is 48.5 Å². The molecule has 0 spiro atoms. The minimum absolute atomic E-state index is 0.0671. The normalized spacial score (nSPS) is 17.3. The molecule has 1 fully saturated rings. The molecule has 1 saturated heterocycles. The molecule has 0 bridgehead atoms. The third kappa shape index (κ3) is 3.59. The Hall–Kier alpha value is -2.77. The lowest BCUT2D eigenvalue weighted by Crippen LogP contribution is -2.49. The number of carbonyl (C=O) groups excluding carboxylic acids is 2. The molecule has 30 heavy (non-hydrogen) atoms. The van der Waals surface area contributed by atoms with Crippen LogP contribution in [-0.4, -0.2) is 36.4 Å². The van der Waals surface area contributed by atoms with Crippen LogP contribution in [0.3, 0.4) is 0 Å². The van der Waals surface area contributed by atoms with Crippen molar-refractivity contribution in [1.29, 1.82) is 0 Å². The van der Waals surface area contributed by atoms with Crippen LogP contribution in [0, 0.1) is 5.82 Å². The Kier molecular flexibility index (Phi) is 5.34. The van der Waals surface area contributed by atoms with Gasteiger partial charge in [0.2, 0.25) is 5.91 Å². The van der Waals surface area contributed by atoms with Gasteiger partial charge in [0.1, 0.15) is 11.9 Å². The topological polar surface area (TPSA) is 72.6 Å². The predicted molar refractivity (Wildman–Crippen MR) is 115 cm³/mol. The Bertz CT molecular complexity index is 1110. The largest absolute Gasteiger partial charge is 0.370 e. The second-order valence-corrected chi connectivity index (χ2v) is 9.00. The Morgan fingerprint density at radius 3 is 2.57 bits per heavy atom. The van der Waals surface area contributed by atoms with Crippen LogP contribution in [0.1, 0.15) is 40.8 Å². The van der Waals surface area contributed by atoms with Crippen LogP contribution in [-0.2, 0) is 14.9 Å². The zero-order valence-electron chi connectivity index (χ0n) is 16.9.